The summed E-state index contributed by atoms with van der Waals surface area (Å²) in [7, 11) is 0. The van der Waals surface area contributed by atoms with Crippen molar-refractivity contribution in [1.82, 2.24) is 15.1 Å². The maximum atomic E-state index is 13.3. The third-order valence-electron chi connectivity index (χ3n) is 3.55. The van der Waals surface area contributed by atoms with E-state index in [-0.39, 0.29) is 5.82 Å². The molecule has 0 amide bonds. The zero-order valence-corrected chi connectivity index (χ0v) is 14.4. The highest BCUT2D eigenvalue weighted by molar-refractivity contribution is 7.10. The van der Waals surface area contributed by atoms with Crippen LogP contribution >= 0.6 is 22.9 Å². The molecule has 25 heavy (non-hydrogen) atoms. The van der Waals surface area contributed by atoms with Crippen LogP contribution in [0.4, 0.5) is 4.39 Å². The van der Waals surface area contributed by atoms with E-state index >= 15 is 0 Å². The van der Waals surface area contributed by atoms with Gasteiger partial charge in [0.05, 0.1) is 12.1 Å². The largest absolute Gasteiger partial charge is 0.339 e. The summed E-state index contributed by atoms with van der Waals surface area (Å²) in [4.78, 5) is 8.90. The number of thiazole rings is 1. The Morgan fingerprint density at radius 1 is 1.04 bits per heavy atom. The van der Waals surface area contributed by atoms with Crippen molar-refractivity contribution in [1.29, 1.82) is 0 Å². The van der Waals surface area contributed by atoms with Crippen LogP contribution in [-0.4, -0.2) is 15.1 Å². The normalized spacial score (nSPS) is 11.0. The van der Waals surface area contributed by atoms with Crippen molar-refractivity contribution in [2.24, 2.45) is 0 Å². The lowest BCUT2D eigenvalue weighted by Crippen LogP contribution is -1.88. The van der Waals surface area contributed by atoms with Gasteiger partial charge >= 0.3 is 0 Å². The van der Waals surface area contributed by atoms with Gasteiger partial charge in [-0.25, -0.2) is 9.37 Å². The van der Waals surface area contributed by atoms with Crippen molar-refractivity contribution in [2.45, 2.75) is 6.42 Å². The van der Waals surface area contributed by atoms with Crippen LogP contribution < -0.4 is 0 Å². The van der Waals surface area contributed by atoms with Gasteiger partial charge in [-0.15, -0.1) is 11.3 Å². The SMILES string of the molecule is Fc1cccc(-c2noc(Cc3nc(-c4ccc(Cl)cc4)cs3)n2)c1. The summed E-state index contributed by atoms with van der Waals surface area (Å²) in [6.07, 6.45) is 0.431. The minimum atomic E-state index is -0.337. The summed E-state index contributed by atoms with van der Waals surface area (Å²) >= 11 is 7.42. The second-order valence-corrected chi connectivity index (χ2v) is 6.71. The van der Waals surface area contributed by atoms with Gasteiger partial charge in [0, 0.05) is 21.5 Å². The molecule has 0 saturated heterocycles. The molecule has 2 aromatic heterocycles. The van der Waals surface area contributed by atoms with E-state index in [1.807, 2.05) is 29.6 Å². The number of rotatable bonds is 4. The fourth-order valence-corrected chi connectivity index (χ4v) is 3.27. The number of halogens is 2. The van der Waals surface area contributed by atoms with Gasteiger partial charge in [0.1, 0.15) is 10.8 Å². The van der Waals surface area contributed by atoms with Crippen LogP contribution in [0.2, 0.25) is 5.02 Å². The summed E-state index contributed by atoms with van der Waals surface area (Å²) in [6, 6.07) is 13.6. The molecule has 0 aliphatic rings. The lowest BCUT2D eigenvalue weighted by molar-refractivity contribution is 0.385. The van der Waals surface area contributed by atoms with Crippen molar-refractivity contribution in [2.75, 3.05) is 0 Å². The molecule has 4 nitrogen and oxygen atoms in total. The summed E-state index contributed by atoms with van der Waals surface area (Å²) < 4.78 is 18.6. The third kappa shape index (κ3) is 3.60. The molecule has 124 valence electrons. The Morgan fingerprint density at radius 3 is 2.68 bits per heavy atom. The number of hydrogen-bond donors (Lipinski definition) is 0. The van der Waals surface area contributed by atoms with E-state index in [0.717, 1.165) is 16.3 Å². The van der Waals surface area contributed by atoms with Crippen LogP contribution in [-0.2, 0) is 6.42 Å². The first-order chi connectivity index (χ1) is 12.2. The molecule has 0 saturated carbocycles. The minimum absolute atomic E-state index is 0.337. The van der Waals surface area contributed by atoms with E-state index in [0.29, 0.717) is 28.7 Å². The monoisotopic (exact) mass is 371 g/mol. The third-order valence-corrected chi connectivity index (χ3v) is 4.65. The maximum Gasteiger partial charge on any atom is 0.233 e. The van der Waals surface area contributed by atoms with Crippen molar-refractivity contribution < 1.29 is 8.91 Å². The Bertz CT molecular complexity index is 1010. The number of benzene rings is 2. The molecule has 0 fully saturated rings. The van der Waals surface area contributed by atoms with E-state index in [4.69, 9.17) is 16.1 Å². The molecule has 0 aliphatic carbocycles. The fourth-order valence-electron chi connectivity index (χ4n) is 2.35. The number of nitrogens with zero attached hydrogens (tertiary/aromatic N) is 3. The second-order valence-electron chi connectivity index (χ2n) is 5.33. The smallest absolute Gasteiger partial charge is 0.233 e. The molecule has 0 bridgehead atoms. The maximum absolute atomic E-state index is 13.3. The molecule has 7 heteroatoms. The average molecular weight is 372 g/mol. The van der Waals surface area contributed by atoms with E-state index in [1.165, 1.54) is 23.5 Å². The lowest BCUT2D eigenvalue weighted by atomic mass is 10.2. The summed E-state index contributed by atoms with van der Waals surface area (Å²) in [5.41, 5.74) is 2.45. The van der Waals surface area contributed by atoms with Crippen molar-refractivity contribution >= 4 is 22.9 Å². The Balaban J connectivity index is 1.52. The summed E-state index contributed by atoms with van der Waals surface area (Å²) in [5.74, 6) is 0.469. The van der Waals surface area contributed by atoms with E-state index in [9.17, 15) is 4.39 Å². The molecule has 2 aromatic carbocycles. The molecule has 0 aliphatic heterocycles. The van der Waals surface area contributed by atoms with Crippen LogP contribution in [0, 0.1) is 5.82 Å². The molecule has 0 N–H and O–H groups in total. The Morgan fingerprint density at radius 2 is 1.88 bits per heavy atom. The van der Waals surface area contributed by atoms with Crippen LogP contribution in [0.3, 0.4) is 0 Å². The van der Waals surface area contributed by atoms with E-state index < -0.39 is 0 Å². The van der Waals surface area contributed by atoms with Gasteiger partial charge < -0.3 is 4.52 Å². The lowest BCUT2D eigenvalue weighted by Gasteiger charge is -1.96. The van der Waals surface area contributed by atoms with Gasteiger partial charge in [0.2, 0.25) is 11.7 Å². The molecule has 4 rings (SSSR count). The molecule has 0 unspecified atom stereocenters. The predicted octanol–water partition coefficient (Wildman–Crippen LogP) is 5.24. The number of hydrogen-bond acceptors (Lipinski definition) is 5. The molecule has 2 heterocycles. The van der Waals surface area contributed by atoms with Crippen molar-refractivity contribution in [3.05, 3.63) is 75.6 Å². The highest BCUT2D eigenvalue weighted by Gasteiger charge is 2.12. The molecule has 0 spiro atoms. The van der Waals surface area contributed by atoms with Gasteiger partial charge in [-0.1, -0.05) is 41.0 Å². The van der Waals surface area contributed by atoms with Crippen LogP contribution in [0.1, 0.15) is 10.9 Å². The minimum Gasteiger partial charge on any atom is -0.339 e. The van der Waals surface area contributed by atoms with Crippen molar-refractivity contribution in [3.8, 4) is 22.6 Å². The van der Waals surface area contributed by atoms with Crippen LogP contribution in [0.25, 0.3) is 22.6 Å². The Hall–Kier alpha value is -2.57. The summed E-state index contributed by atoms with van der Waals surface area (Å²) in [6.45, 7) is 0. The molecule has 0 atom stereocenters. The average Bonchev–Trinajstić information content (AvgIpc) is 3.26. The fraction of sp³-hybridized carbons (Fsp3) is 0.0556. The first-order valence-corrected chi connectivity index (χ1v) is 8.72. The van der Waals surface area contributed by atoms with Crippen LogP contribution in [0.15, 0.2) is 58.4 Å². The standard InChI is InChI=1S/C18H11ClFN3OS/c19-13-6-4-11(5-7-13)15-10-25-17(21-15)9-16-22-18(23-24-16)12-2-1-3-14(20)8-12/h1-8,10H,9H2. The highest BCUT2D eigenvalue weighted by Crippen LogP contribution is 2.25. The first-order valence-electron chi connectivity index (χ1n) is 7.46. The molecule has 0 radical (unpaired) electrons. The Kier molecular flexibility index (Phi) is 4.29. The zero-order valence-electron chi connectivity index (χ0n) is 12.8. The first kappa shape index (κ1) is 15.9. The van der Waals surface area contributed by atoms with E-state index in [2.05, 4.69) is 15.1 Å². The van der Waals surface area contributed by atoms with E-state index in [1.54, 1.807) is 12.1 Å². The van der Waals surface area contributed by atoms with Gasteiger partial charge in [0.25, 0.3) is 0 Å². The van der Waals surface area contributed by atoms with Crippen molar-refractivity contribution in [3.63, 3.8) is 0 Å². The second kappa shape index (κ2) is 6.74. The van der Waals surface area contributed by atoms with Gasteiger partial charge in [-0.05, 0) is 24.3 Å². The topological polar surface area (TPSA) is 51.8 Å². The predicted molar refractivity (Wildman–Crippen MR) is 95.1 cm³/mol. The highest BCUT2D eigenvalue weighted by atomic mass is 35.5. The van der Waals surface area contributed by atoms with Gasteiger partial charge in [-0.2, -0.15) is 4.98 Å². The van der Waals surface area contributed by atoms with Gasteiger partial charge in [0.15, 0.2) is 0 Å². The molecular formula is C18H11ClFN3OS. The zero-order chi connectivity index (χ0) is 17.2. The molecular weight excluding hydrogens is 361 g/mol. The molecule has 4 aromatic rings. The van der Waals surface area contributed by atoms with Crippen LogP contribution in [0.5, 0.6) is 0 Å². The number of aromatic nitrogens is 3. The quantitative estimate of drug-likeness (QED) is 0.492. The Labute approximate surface area is 151 Å². The van der Waals surface area contributed by atoms with Gasteiger partial charge in [-0.3, -0.25) is 0 Å². The summed E-state index contributed by atoms with van der Waals surface area (Å²) in [5, 5.41) is 7.43.